The number of hydrogen-bond donors (Lipinski definition) is 4. The summed E-state index contributed by atoms with van der Waals surface area (Å²) in [5, 5.41) is 16.0. The number of carbonyl (C=O) groups excluding carboxylic acids is 2. The van der Waals surface area contributed by atoms with Crippen LogP contribution in [0, 0.1) is 6.92 Å². The maximum atomic E-state index is 13.0. The van der Waals surface area contributed by atoms with Crippen LogP contribution in [0.15, 0.2) is 72.8 Å². The van der Waals surface area contributed by atoms with Gasteiger partial charge in [-0.2, -0.15) is 0 Å². The number of hydrogen-bond acceptors (Lipinski definition) is 6. The van der Waals surface area contributed by atoms with Crippen LogP contribution in [-0.4, -0.2) is 54.2 Å². The number of hydroxylamine groups is 1. The van der Waals surface area contributed by atoms with Gasteiger partial charge in [0.15, 0.2) is 0 Å². The van der Waals surface area contributed by atoms with E-state index in [2.05, 4.69) is 21.0 Å². The van der Waals surface area contributed by atoms with Gasteiger partial charge in [0.2, 0.25) is 0 Å². The Morgan fingerprint density at radius 3 is 2.50 bits per heavy atom. The Kier molecular flexibility index (Phi) is 7.83. The topological polar surface area (TPSA) is 103 Å². The van der Waals surface area contributed by atoms with Gasteiger partial charge in [0, 0.05) is 42.1 Å². The lowest BCUT2D eigenvalue weighted by molar-refractivity contribution is -0.110. The van der Waals surface area contributed by atoms with Crippen LogP contribution in [0.3, 0.4) is 0 Å². The van der Waals surface area contributed by atoms with Gasteiger partial charge in [0.05, 0.1) is 24.0 Å². The molecule has 5 rings (SSSR count). The first-order chi connectivity index (χ1) is 18.5. The molecule has 0 spiro atoms. The highest BCUT2D eigenvalue weighted by molar-refractivity contribution is 6.37. The first-order valence-corrected chi connectivity index (χ1v) is 12.9. The average Bonchev–Trinajstić information content (AvgIpc) is 3.25. The van der Waals surface area contributed by atoms with Gasteiger partial charge < -0.3 is 20.6 Å². The molecule has 1 fully saturated rings. The van der Waals surface area contributed by atoms with Gasteiger partial charge in [0.1, 0.15) is 0 Å². The third-order valence-electron chi connectivity index (χ3n) is 6.88. The first-order valence-electron chi connectivity index (χ1n) is 12.9. The zero-order chi connectivity index (χ0) is 26.5. The average molecular weight is 513 g/mol. The molecule has 0 saturated carbocycles. The third kappa shape index (κ3) is 5.94. The van der Waals surface area contributed by atoms with Gasteiger partial charge >= 0.3 is 0 Å². The maximum Gasteiger partial charge on any atom is 0.274 e. The fourth-order valence-electron chi connectivity index (χ4n) is 4.76. The van der Waals surface area contributed by atoms with E-state index >= 15 is 0 Å². The normalized spacial score (nSPS) is 17.1. The largest absolute Gasteiger partial charge is 0.393 e. The van der Waals surface area contributed by atoms with Crippen LogP contribution in [0.5, 0.6) is 0 Å². The Morgan fingerprint density at radius 1 is 1.03 bits per heavy atom. The lowest BCUT2D eigenvalue weighted by Crippen LogP contribution is -2.38. The monoisotopic (exact) mass is 512 g/mol. The molecule has 3 aromatic carbocycles. The molecule has 0 radical (unpaired) electrons. The van der Waals surface area contributed by atoms with Crippen molar-refractivity contribution in [2.24, 2.45) is 0 Å². The molecule has 38 heavy (non-hydrogen) atoms. The van der Waals surface area contributed by atoms with Gasteiger partial charge in [-0.3, -0.25) is 14.4 Å². The number of piperidine rings is 1. The third-order valence-corrected chi connectivity index (χ3v) is 6.88. The summed E-state index contributed by atoms with van der Waals surface area (Å²) in [7, 11) is 0. The fraction of sp³-hybridized carbons (Fsp3) is 0.267. The van der Waals surface area contributed by atoms with Crippen LogP contribution in [0.2, 0.25) is 0 Å². The van der Waals surface area contributed by atoms with E-state index < -0.39 is 0 Å². The molecule has 2 heterocycles. The molecule has 0 bridgehead atoms. The van der Waals surface area contributed by atoms with Gasteiger partial charge in [-0.15, -0.1) is 0 Å². The lowest BCUT2D eigenvalue weighted by Gasteiger charge is -2.29. The molecule has 0 aromatic heterocycles. The molecule has 0 unspecified atom stereocenters. The number of aliphatic hydroxyl groups is 1. The van der Waals surface area contributed by atoms with E-state index in [9.17, 15) is 14.7 Å². The Balaban J connectivity index is 1.27. The van der Waals surface area contributed by atoms with E-state index in [4.69, 9.17) is 4.84 Å². The van der Waals surface area contributed by atoms with Crippen molar-refractivity contribution in [3.05, 3.63) is 95.1 Å². The van der Waals surface area contributed by atoms with Gasteiger partial charge in [0.25, 0.3) is 11.8 Å². The zero-order valence-electron chi connectivity index (χ0n) is 21.4. The molecule has 8 nitrogen and oxygen atoms in total. The van der Waals surface area contributed by atoms with Crippen LogP contribution in [0.4, 0.5) is 11.4 Å². The summed E-state index contributed by atoms with van der Waals surface area (Å²) in [6, 6.07) is 22.7. The number of carbonyl (C=O) groups is 2. The second kappa shape index (κ2) is 11.6. The van der Waals surface area contributed by atoms with Crippen LogP contribution in [-0.2, 0) is 9.63 Å². The van der Waals surface area contributed by atoms with Crippen molar-refractivity contribution in [1.29, 1.82) is 0 Å². The summed E-state index contributed by atoms with van der Waals surface area (Å²) in [4.78, 5) is 33.2. The van der Waals surface area contributed by atoms with E-state index in [1.54, 1.807) is 24.3 Å². The molecular formula is C30H32N4O4. The number of rotatable bonds is 8. The van der Waals surface area contributed by atoms with Crippen LogP contribution in [0.1, 0.15) is 39.9 Å². The minimum absolute atomic E-state index is 0.161. The Morgan fingerprint density at radius 2 is 1.76 bits per heavy atom. The number of aliphatic hydroxyl groups excluding tert-OH is 1. The molecule has 4 N–H and O–H groups in total. The highest BCUT2D eigenvalue weighted by atomic mass is 16.7. The van der Waals surface area contributed by atoms with Gasteiger partial charge in [-0.25, -0.2) is 5.48 Å². The molecular weight excluding hydrogens is 480 g/mol. The van der Waals surface area contributed by atoms with E-state index in [1.807, 2.05) is 55.5 Å². The molecule has 2 amide bonds. The van der Waals surface area contributed by atoms with Crippen molar-refractivity contribution < 1.29 is 19.5 Å². The summed E-state index contributed by atoms with van der Waals surface area (Å²) >= 11 is 0. The maximum absolute atomic E-state index is 13.0. The minimum atomic E-state index is -0.327. The van der Waals surface area contributed by atoms with E-state index in [1.165, 1.54) is 0 Å². The summed E-state index contributed by atoms with van der Waals surface area (Å²) in [6.07, 6.45) is 1.33. The van der Waals surface area contributed by atoms with Crippen molar-refractivity contribution >= 4 is 34.5 Å². The van der Waals surface area contributed by atoms with Crippen LogP contribution in [0.25, 0.3) is 11.3 Å². The molecule has 8 heteroatoms. The highest BCUT2D eigenvalue weighted by Crippen LogP contribution is 2.38. The second-order valence-electron chi connectivity index (χ2n) is 9.67. The number of anilines is 2. The smallest absolute Gasteiger partial charge is 0.274 e. The Bertz CT molecular complexity index is 1330. The molecule has 196 valence electrons. The van der Waals surface area contributed by atoms with Crippen molar-refractivity contribution in [2.75, 3.05) is 36.9 Å². The number of benzene rings is 3. The number of nitrogens with zero attached hydrogens (tertiary/aromatic N) is 1. The predicted octanol–water partition coefficient (Wildman–Crippen LogP) is 4.05. The molecule has 2 aliphatic heterocycles. The molecule has 0 aliphatic carbocycles. The number of likely N-dealkylation sites (tertiary alicyclic amines) is 1. The SMILES string of the molecule is Cc1ccc2c(c1)NC(=O)/C2=C(\Nc1ccc(C(=O)NOCCN2CCC(O)CC2)cc1)c1ccccc1. The fourth-order valence-corrected chi connectivity index (χ4v) is 4.76. The summed E-state index contributed by atoms with van der Waals surface area (Å²) in [5.74, 6) is -0.488. The van der Waals surface area contributed by atoms with Gasteiger partial charge in [-0.1, -0.05) is 42.5 Å². The van der Waals surface area contributed by atoms with Crippen LogP contribution >= 0.6 is 0 Å². The first kappa shape index (κ1) is 25.7. The van der Waals surface area contributed by atoms with Crippen molar-refractivity contribution in [2.45, 2.75) is 25.9 Å². The molecule has 3 aromatic rings. The second-order valence-corrected chi connectivity index (χ2v) is 9.67. The van der Waals surface area contributed by atoms with Gasteiger partial charge in [-0.05, 0) is 61.2 Å². The quantitative estimate of drug-likeness (QED) is 0.206. The number of amides is 2. The number of fused-ring (bicyclic) bond motifs is 1. The minimum Gasteiger partial charge on any atom is -0.393 e. The molecule has 2 aliphatic rings. The number of aryl methyl sites for hydroxylation is 1. The highest BCUT2D eigenvalue weighted by Gasteiger charge is 2.28. The predicted molar refractivity (Wildman–Crippen MR) is 148 cm³/mol. The van der Waals surface area contributed by atoms with Crippen molar-refractivity contribution in [3.8, 4) is 0 Å². The molecule has 1 saturated heterocycles. The van der Waals surface area contributed by atoms with E-state index in [0.717, 1.165) is 54.0 Å². The standard InChI is InChI=1S/C30H32N4O4/c1-20-7-12-25-26(19-20)32-30(37)27(25)28(21-5-3-2-4-6-21)31-23-10-8-22(9-11-23)29(36)33-38-18-17-34-15-13-24(35)14-16-34/h2-12,19,24,31,35H,13-18H2,1H3,(H,32,37)(H,33,36)/b28-27-. The summed E-state index contributed by atoms with van der Waals surface area (Å²) in [5.41, 5.74) is 8.57. The van der Waals surface area contributed by atoms with Crippen molar-refractivity contribution in [1.82, 2.24) is 10.4 Å². The van der Waals surface area contributed by atoms with E-state index in [0.29, 0.717) is 30.0 Å². The summed E-state index contributed by atoms with van der Waals surface area (Å²) in [6.45, 7) is 4.73. The molecule has 0 atom stereocenters. The van der Waals surface area contributed by atoms with Crippen LogP contribution < -0.4 is 16.1 Å². The summed E-state index contributed by atoms with van der Waals surface area (Å²) < 4.78 is 0. The zero-order valence-corrected chi connectivity index (χ0v) is 21.4. The number of nitrogens with one attached hydrogen (secondary N) is 3. The lowest BCUT2D eigenvalue weighted by atomic mass is 9.99. The Labute approximate surface area is 222 Å². The van der Waals surface area contributed by atoms with E-state index in [-0.39, 0.29) is 17.9 Å². The Hall–Kier alpha value is -3.98. The van der Waals surface area contributed by atoms with Crippen molar-refractivity contribution in [3.63, 3.8) is 0 Å².